The molecule has 0 radical (unpaired) electrons. The minimum atomic E-state index is 0.330. The second kappa shape index (κ2) is 6.70. The molecule has 1 saturated heterocycles. The van der Waals surface area contributed by atoms with E-state index in [-0.39, 0.29) is 0 Å². The quantitative estimate of drug-likeness (QED) is 0.904. The molecule has 3 heteroatoms. The van der Waals surface area contributed by atoms with Crippen LogP contribution in [0, 0.1) is 18.3 Å². The molecular formula is C16H23N3. The zero-order valence-electron chi connectivity index (χ0n) is 11.9. The van der Waals surface area contributed by atoms with Crippen molar-refractivity contribution >= 4 is 0 Å². The normalized spacial score (nSPS) is 24.7. The van der Waals surface area contributed by atoms with E-state index in [9.17, 15) is 0 Å². The summed E-state index contributed by atoms with van der Waals surface area (Å²) < 4.78 is 0. The zero-order chi connectivity index (χ0) is 13.7. The fourth-order valence-electron chi connectivity index (χ4n) is 2.55. The molecule has 0 spiro atoms. The van der Waals surface area contributed by atoms with Gasteiger partial charge in [-0.2, -0.15) is 5.26 Å². The van der Waals surface area contributed by atoms with Gasteiger partial charge in [-0.3, -0.25) is 4.90 Å². The van der Waals surface area contributed by atoms with Crippen molar-refractivity contribution < 1.29 is 0 Å². The van der Waals surface area contributed by atoms with Crippen molar-refractivity contribution in [1.29, 1.82) is 5.26 Å². The summed E-state index contributed by atoms with van der Waals surface area (Å²) in [7, 11) is 0. The van der Waals surface area contributed by atoms with Crippen molar-refractivity contribution in [3.8, 4) is 6.07 Å². The summed E-state index contributed by atoms with van der Waals surface area (Å²) in [5, 5.41) is 12.5. The average Bonchev–Trinajstić information content (AvgIpc) is 2.57. The van der Waals surface area contributed by atoms with Crippen LogP contribution in [0.3, 0.4) is 0 Å². The van der Waals surface area contributed by atoms with Crippen LogP contribution in [0.5, 0.6) is 0 Å². The van der Waals surface area contributed by atoms with Crippen LogP contribution in [-0.2, 0) is 6.54 Å². The molecule has 0 saturated carbocycles. The Bertz CT molecular complexity index is 432. The molecule has 3 nitrogen and oxygen atoms in total. The fourth-order valence-corrected chi connectivity index (χ4v) is 2.55. The number of benzene rings is 1. The van der Waals surface area contributed by atoms with Crippen LogP contribution in [0.25, 0.3) is 0 Å². The van der Waals surface area contributed by atoms with Crippen molar-refractivity contribution in [3.63, 3.8) is 0 Å². The number of hydrogen-bond acceptors (Lipinski definition) is 3. The first-order valence-corrected chi connectivity index (χ1v) is 7.09. The fraction of sp³-hybridized carbons (Fsp3) is 0.562. The summed E-state index contributed by atoms with van der Waals surface area (Å²) in [6.07, 6.45) is 1.75. The summed E-state index contributed by atoms with van der Waals surface area (Å²) in [4.78, 5) is 2.45. The van der Waals surface area contributed by atoms with Gasteiger partial charge in [0.25, 0.3) is 0 Å². The van der Waals surface area contributed by atoms with Gasteiger partial charge in [-0.1, -0.05) is 29.8 Å². The van der Waals surface area contributed by atoms with Crippen LogP contribution in [0.4, 0.5) is 0 Å². The predicted octanol–water partition coefficient (Wildman–Crippen LogP) is 2.46. The van der Waals surface area contributed by atoms with Gasteiger partial charge in [-0.15, -0.1) is 0 Å². The van der Waals surface area contributed by atoms with Gasteiger partial charge >= 0.3 is 0 Å². The highest BCUT2D eigenvalue weighted by molar-refractivity contribution is 5.21. The van der Waals surface area contributed by atoms with Crippen LogP contribution < -0.4 is 5.32 Å². The zero-order valence-corrected chi connectivity index (χ0v) is 11.9. The van der Waals surface area contributed by atoms with Crippen molar-refractivity contribution in [2.45, 2.75) is 45.3 Å². The summed E-state index contributed by atoms with van der Waals surface area (Å²) in [5.41, 5.74) is 2.63. The summed E-state index contributed by atoms with van der Waals surface area (Å²) in [5.74, 6) is 0. The maximum atomic E-state index is 8.99. The van der Waals surface area contributed by atoms with Crippen molar-refractivity contribution in [1.82, 2.24) is 10.2 Å². The standard InChI is InChI=1S/C16H23N3/c1-13-3-5-15(6-4-13)12-19-10-8-14(2)18-11-16(19)7-9-17/h3-6,14,16,18H,7-8,10-12H2,1-2H3. The smallest absolute Gasteiger partial charge is 0.0638 e. The Morgan fingerprint density at radius 3 is 2.79 bits per heavy atom. The molecule has 1 aliphatic rings. The molecule has 1 N–H and O–H groups in total. The number of nitriles is 1. The topological polar surface area (TPSA) is 39.1 Å². The number of nitrogens with zero attached hydrogens (tertiary/aromatic N) is 2. The van der Waals surface area contributed by atoms with Gasteiger partial charge in [0, 0.05) is 31.7 Å². The summed E-state index contributed by atoms with van der Waals surface area (Å²) >= 11 is 0. The van der Waals surface area contributed by atoms with Gasteiger partial charge in [-0.25, -0.2) is 0 Å². The van der Waals surface area contributed by atoms with Crippen LogP contribution in [-0.4, -0.2) is 30.1 Å². The molecule has 0 aliphatic carbocycles. The highest BCUT2D eigenvalue weighted by Crippen LogP contribution is 2.15. The second-order valence-electron chi connectivity index (χ2n) is 5.57. The molecule has 1 fully saturated rings. The predicted molar refractivity (Wildman–Crippen MR) is 77.7 cm³/mol. The Balaban J connectivity index is 2.05. The number of aryl methyl sites for hydroxylation is 1. The lowest BCUT2D eigenvalue weighted by atomic mass is 10.1. The van der Waals surface area contributed by atoms with Crippen LogP contribution >= 0.6 is 0 Å². The molecular weight excluding hydrogens is 234 g/mol. The lowest BCUT2D eigenvalue weighted by Crippen LogP contribution is -2.39. The molecule has 2 atom stereocenters. The Labute approximate surface area is 116 Å². The van der Waals surface area contributed by atoms with Crippen LogP contribution in [0.1, 0.15) is 30.9 Å². The molecule has 2 unspecified atom stereocenters. The molecule has 19 heavy (non-hydrogen) atoms. The van der Waals surface area contributed by atoms with E-state index in [1.807, 2.05) is 0 Å². The Morgan fingerprint density at radius 1 is 1.37 bits per heavy atom. The van der Waals surface area contributed by atoms with E-state index in [0.717, 1.165) is 26.1 Å². The third kappa shape index (κ3) is 4.05. The summed E-state index contributed by atoms with van der Waals surface area (Å²) in [6.45, 7) is 7.26. The van der Waals surface area contributed by atoms with Crippen molar-refractivity contribution in [2.75, 3.05) is 13.1 Å². The molecule has 1 aromatic rings. The monoisotopic (exact) mass is 257 g/mol. The van der Waals surface area contributed by atoms with E-state index in [1.165, 1.54) is 11.1 Å². The molecule has 1 heterocycles. The highest BCUT2D eigenvalue weighted by Gasteiger charge is 2.22. The Kier molecular flexibility index (Phi) is 4.95. The van der Waals surface area contributed by atoms with Gasteiger partial charge in [0.15, 0.2) is 0 Å². The molecule has 0 aromatic heterocycles. The molecule has 0 amide bonds. The molecule has 102 valence electrons. The van der Waals surface area contributed by atoms with E-state index in [2.05, 4.69) is 54.4 Å². The van der Waals surface area contributed by atoms with Gasteiger partial charge < -0.3 is 5.32 Å². The molecule has 1 aromatic carbocycles. The number of hydrogen-bond donors (Lipinski definition) is 1. The largest absolute Gasteiger partial charge is 0.313 e. The van der Waals surface area contributed by atoms with Gasteiger partial charge in [-0.05, 0) is 25.8 Å². The maximum absolute atomic E-state index is 8.99. The average molecular weight is 257 g/mol. The maximum Gasteiger partial charge on any atom is 0.0638 e. The lowest BCUT2D eigenvalue weighted by molar-refractivity contribution is 0.202. The van der Waals surface area contributed by atoms with E-state index < -0.39 is 0 Å². The molecule has 1 aliphatic heterocycles. The van der Waals surface area contributed by atoms with E-state index in [1.54, 1.807) is 0 Å². The van der Waals surface area contributed by atoms with Crippen LogP contribution in [0.15, 0.2) is 24.3 Å². The third-order valence-electron chi connectivity index (χ3n) is 3.90. The first-order chi connectivity index (χ1) is 9.19. The van der Waals surface area contributed by atoms with Crippen molar-refractivity contribution in [3.05, 3.63) is 35.4 Å². The van der Waals surface area contributed by atoms with Crippen LogP contribution in [0.2, 0.25) is 0 Å². The Hall–Kier alpha value is -1.37. The highest BCUT2D eigenvalue weighted by atomic mass is 15.2. The van der Waals surface area contributed by atoms with Gasteiger partial charge in [0.1, 0.15) is 0 Å². The van der Waals surface area contributed by atoms with Gasteiger partial charge in [0.05, 0.1) is 12.5 Å². The minimum Gasteiger partial charge on any atom is -0.313 e. The second-order valence-corrected chi connectivity index (χ2v) is 5.57. The number of nitrogens with one attached hydrogen (secondary N) is 1. The van der Waals surface area contributed by atoms with E-state index in [4.69, 9.17) is 5.26 Å². The van der Waals surface area contributed by atoms with Gasteiger partial charge in [0.2, 0.25) is 0 Å². The lowest BCUT2D eigenvalue weighted by Gasteiger charge is -2.28. The first kappa shape index (κ1) is 14.0. The number of rotatable bonds is 3. The Morgan fingerprint density at radius 2 is 2.11 bits per heavy atom. The van der Waals surface area contributed by atoms with Crippen molar-refractivity contribution in [2.24, 2.45) is 0 Å². The third-order valence-corrected chi connectivity index (χ3v) is 3.90. The minimum absolute atomic E-state index is 0.330. The first-order valence-electron chi connectivity index (χ1n) is 7.09. The molecule has 2 rings (SSSR count). The van der Waals surface area contributed by atoms with E-state index in [0.29, 0.717) is 18.5 Å². The summed E-state index contributed by atoms with van der Waals surface area (Å²) in [6, 6.07) is 11.9. The SMILES string of the molecule is Cc1ccc(CN2CCC(C)NCC2CC#N)cc1. The van der Waals surface area contributed by atoms with E-state index >= 15 is 0 Å². The molecule has 0 bridgehead atoms.